The largest absolute Gasteiger partial charge is 0.497 e. The quantitative estimate of drug-likeness (QED) is 0.285. The maximum atomic E-state index is 11.5. The van der Waals surface area contributed by atoms with Crippen molar-refractivity contribution in [2.75, 3.05) is 20.3 Å². The molecule has 0 bridgehead atoms. The fourth-order valence-corrected chi connectivity index (χ4v) is 6.62. The van der Waals surface area contributed by atoms with E-state index in [4.69, 9.17) is 18.6 Å². The highest BCUT2D eigenvalue weighted by molar-refractivity contribution is 6.74. The Bertz CT molecular complexity index is 886. The van der Waals surface area contributed by atoms with E-state index in [1.165, 1.54) is 6.42 Å². The van der Waals surface area contributed by atoms with E-state index in [9.17, 15) is 5.11 Å². The maximum Gasteiger partial charge on any atom is 0.192 e. The number of rotatable bonds is 9. The highest BCUT2D eigenvalue weighted by Crippen LogP contribution is 2.52. The maximum absolute atomic E-state index is 11.5. The number of allylic oxidation sites excluding steroid dienone is 1. The number of fused-ring (bicyclic) bond motifs is 1. The molecular weight excluding hydrogens is 468 g/mol. The van der Waals surface area contributed by atoms with Crippen LogP contribution in [0.1, 0.15) is 72.8 Å². The van der Waals surface area contributed by atoms with Gasteiger partial charge in [-0.25, -0.2) is 0 Å². The molecule has 0 saturated heterocycles. The van der Waals surface area contributed by atoms with Gasteiger partial charge >= 0.3 is 0 Å². The molecule has 1 aromatic carbocycles. The van der Waals surface area contributed by atoms with Gasteiger partial charge in [0.2, 0.25) is 0 Å². The first kappa shape index (κ1) is 29.4. The summed E-state index contributed by atoms with van der Waals surface area (Å²) < 4.78 is 24.8. The molecule has 0 amide bonds. The molecule has 1 aliphatic carbocycles. The average Bonchev–Trinajstić information content (AvgIpc) is 2.94. The van der Waals surface area contributed by atoms with Crippen molar-refractivity contribution in [3.05, 3.63) is 41.5 Å². The van der Waals surface area contributed by atoms with Crippen molar-refractivity contribution in [2.45, 2.75) is 110 Å². The third-order valence-electron chi connectivity index (χ3n) is 9.02. The first-order valence-corrected chi connectivity index (χ1v) is 16.5. The molecule has 1 aromatic rings. The van der Waals surface area contributed by atoms with Gasteiger partial charge in [-0.15, -0.1) is 0 Å². The normalized spacial score (nSPS) is 27.6. The molecule has 1 heterocycles. The monoisotopic (exact) mass is 518 g/mol. The summed E-state index contributed by atoms with van der Waals surface area (Å²) in [6, 6.07) is 7.94. The van der Waals surface area contributed by atoms with Crippen LogP contribution in [0.2, 0.25) is 18.1 Å². The second-order valence-electron chi connectivity index (χ2n) is 13.2. The van der Waals surface area contributed by atoms with E-state index in [2.05, 4.69) is 60.7 Å². The zero-order chi connectivity index (χ0) is 26.8. The summed E-state index contributed by atoms with van der Waals surface area (Å²) in [4.78, 5) is 0. The summed E-state index contributed by atoms with van der Waals surface area (Å²) >= 11 is 0. The number of hydrogen-bond donors (Lipinski definition) is 1. The van der Waals surface area contributed by atoms with Crippen LogP contribution in [0.25, 0.3) is 0 Å². The van der Waals surface area contributed by atoms with E-state index in [-0.39, 0.29) is 22.7 Å². The van der Waals surface area contributed by atoms with E-state index >= 15 is 0 Å². The van der Waals surface area contributed by atoms with Crippen LogP contribution in [-0.4, -0.2) is 51.6 Å². The second-order valence-corrected chi connectivity index (χ2v) is 18.0. The molecule has 6 heteroatoms. The van der Waals surface area contributed by atoms with E-state index in [1.807, 2.05) is 24.3 Å². The molecule has 0 radical (unpaired) electrons. The Morgan fingerprint density at radius 2 is 1.75 bits per heavy atom. The lowest BCUT2D eigenvalue weighted by Gasteiger charge is -2.51. The first-order valence-electron chi connectivity index (χ1n) is 13.6. The van der Waals surface area contributed by atoms with E-state index in [0.29, 0.717) is 19.1 Å². The van der Waals surface area contributed by atoms with Gasteiger partial charge in [0.25, 0.3) is 0 Å². The Morgan fingerprint density at radius 1 is 1.08 bits per heavy atom. The minimum Gasteiger partial charge on any atom is -0.497 e. The van der Waals surface area contributed by atoms with Crippen LogP contribution in [0.15, 0.2) is 35.9 Å². The molecule has 204 valence electrons. The molecule has 3 rings (SSSR count). The Kier molecular flexibility index (Phi) is 9.21. The number of aliphatic hydroxyl groups excluding tert-OH is 1. The molecule has 1 fully saturated rings. The SMILES string of the molecule is COc1ccc(COCC2=CC[C@H]3C(C)(C)CCC[C@]3(C)O[C@H]2C(O)CO[Si](C)(C)C(C)(C)C)cc1. The molecule has 1 N–H and O–H groups in total. The summed E-state index contributed by atoms with van der Waals surface area (Å²) in [5.74, 6) is 1.23. The minimum absolute atomic E-state index is 0.0850. The number of hydrogen-bond acceptors (Lipinski definition) is 5. The number of methoxy groups -OCH3 is 1. The van der Waals surface area contributed by atoms with Gasteiger partial charge in [-0.3, -0.25) is 0 Å². The van der Waals surface area contributed by atoms with Gasteiger partial charge < -0.3 is 23.7 Å². The molecule has 0 spiro atoms. The molecule has 36 heavy (non-hydrogen) atoms. The Labute approximate surface area is 220 Å². The molecule has 0 aromatic heterocycles. The first-order chi connectivity index (χ1) is 16.7. The van der Waals surface area contributed by atoms with E-state index in [0.717, 1.165) is 36.1 Å². The summed E-state index contributed by atoms with van der Waals surface area (Å²) in [7, 11) is -0.326. The molecule has 5 nitrogen and oxygen atoms in total. The number of benzene rings is 1. The standard InChI is InChI=1S/C30H50O5Si/c1-28(2,3)36(8,9)34-21-25(31)27-23(20-33-19-22-11-14-24(32-7)15-12-22)13-16-26-29(4,5)17-10-18-30(26,6)35-27/h11-15,25-27,31H,10,16-21H2,1-9H3/t25?,26-,27+,30-/m0/s1. The van der Waals surface area contributed by atoms with Crippen molar-refractivity contribution in [3.63, 3.8) is 0 Å². The topological polar surface area (TPSA) is 57.2 Å². The molecule has 1 aliphatic heterocycles. The summed E-state index contributed by atoms with van der Waals surface area (Å²) in [6.07, 6.45) is 5.42. The number of ether oxygens (including phenoxy) is 3. The lowest BCUT2D eigenvalue weighted by atomic mass is 9.61. The van der Waals surface area contributed by atoms with Gasteiger partial charge in [-0.2, -0.15) is 0 Å². The van der Waals surface area contributed by atoms with Crippen molar-refractivity contribution >= 4 is 8.32 Å². The summed E-state index contributed by atoms with van der Waals surface area (Å²) in [5.41, 5.74) is 2.03. The molecule has 2 aliphatic rings. The van der Waals surface area contributed by atoms with Crippen LogP contribution < -0.4 is 4.74 Å². The molecule has 1 saturated carbocycles. The lowest BCUT2D eigenvalue weighted by Crippen LogP contribution is -2.52. The van der Waals surface area contributed by atoms with Gasteiger partial charge in [0, 0.05) is 0 Å². The second kappa shape index (κ2) is 11.3. The smallest absolute Gasteiger partial charge is 0.192 e. The van der Waals surface area contributed by atoms with Crippen LogP contribution in [0.3, 0.4) is 0 Å². The fraction of sp³-hybridized carbons (Fsp3) is 0.733. The van der Waals surface area contributed by atoms with Crippen molar-refractivity contribution in [2.24, 2.45) is 11.3 Å². The third-order valence-corrected chi connectivity index (χ3v) is 13.5. The Hall–Kier alpha value is -1.18. The van der Waals surface area contributed by atoms with Crippen molar-refractivity contribution < 1.29 is 23.7 Å². The van der Waals surface area contributed by atoms with Crippen LogP contribution in [0.5, 0.6) is 5.75 Å². The van der Waals surface area contributed by atoms with Crippen LogP contribution in [0.4, 0.5) is 0 Å². The van der Waals surface area contributed by atoms with E-state index < -0.39 is 20.5 Å². The minimum atomic E-state index is -2.00. The molecule has 1 unspecified atom stereocenters. The summed E-state index contributed by atoms with van der Waals surface area (Å²) in [5, 5.41) is 11.6. The highest BCUT2D eigenvalue weighted by Gasteiger charge is 2.50. The Balaban J connectivity index is 1.78. The zero-order valence-electron chi connectivity index (χ0n) is 24.1. The molecular formula is C30H50O5Si. The van der Waals surface area contributed by atoms with Gasteiger partial charge in [-0.1, -0.05) is 59.2 Å². The number of aliphatic hydroxyl groups is 1. The predicted molar refractivity (Wildman–Crippen MR) is 149 cm³/mol. The van der Waals surface area contributed by atoms with Gasteiger partial charge in [0.1, 0.15) is 18.0 Å². The van der Waals surface area contributed by atoms with Crippen molar-refractivity contribution in [3.8, 4) is 5.75 Å². The van der Waals surface area contributed by atoms with Crippen molar-refractivity contribution in [1.82, 2.24) is 0 Å². The molecule has 4 atom stereocenters. The predicted octanol–water partition coefficient (Wildman–Crippen LogP) is 6.89. The van der Waals surface area contributed by atoms with E-state index in [1.54, 1.807) is 7.11 Å². The summed E-state index contributed by atoms with van der Waals surface area (Å²) in [6.45, 7) is 19.3. The highest BCUT2D eigenvalue weighted by atomic mass is 28.4. The Morgan fingerprint density at radius 3 is 2.36 bits per heavy atom. The zero-order valence-corrected chi connectivity index (χ0v) is 25.1. The van der Waals surface area contributed by atoms with Crippen LogP contribution in [0, 0.1) is 11.3 Å². The average molecular weight is 519 g/mol. The van der Waals surface area contributed by atoms with Gasteiger partial charge in [0.15, 0.2) is 8.32 Å². The van der Waals surface area contributed by atoms with Crippen molar-refractivity contribution in [1.29, 1.82) is 0 Å². The van der Waals surface area contributed by atoms with Gasteiger partial charge in [-0.05, 0) is 78.9 Å². The van der Waals surface area contributed by atoms with Gasteiger partial charge in [0.05, 0.1) is 32.5 Å². The van der Waals surface area contributed by atoms with Crippen LogP contribution >= 0.6 is 0 Å². The van der Waals surface area contributed by atoms with Crippen LogP contribution in [-0.2, 0) is 20.5 Å². The third kappa shape index (κ3) is 6.82. The lowest BCUT2D eigenvalue weighted by molar-refractivity contribution is -0.177. The fourth-order valence-electron chi connectivity index (χ4n) is 5.60.